The maximum absolute atomic E-state index is 12.3. The summed E-state index contributed by atoms with van der Waals surface area (Å²) in [4.78, 5) is 49.9. The third-order valence-corrected chi connectivity index (χ3v) is 5.16. The van der Waals surface area contributed by atoms with E-state index in [1.165, 1.54) is 5.56 Å². The zero-order valence-electron chi connectivity index (χ0n) is 18.4. The van der Waals surface area contributed by atoms with Gasteiger partial charge in [-0.05, 0) is 42.7 Å². The zero-order chi connectivity index (χ0) is 23.3. The summed E-state index contributed by atoms with van der Waals surface area (Å²) >= 11 is 0. The summed E-state index contributed by atoms with van der Waals surface area (Å²) in [6, 6.07) is 14.1. The van der Waals surface area contributed by atoms with Crippen LogP contribution in [0.15, 0.2) is 48.5 Å². The molecule has 1 atom stereocenters. The molecule has 0 radical (unpaired) electrons. The van der Waals surface area contributed by atoms with E-state index in [-0.39, 0.29) is 25.5 Å². The monoisotopic (exact) mass is 437 g/mol. The molecule has 0 aliphatic carbocycles. The SMILES string of the molecule is CC(Oc1ccc(C(C)C)cc1)C(=O)NCCNC(=O)CN1C(=O)c2ccccc2C1=O. The Morgan fingerprint density at radius 1 is 0.875 bits per heavy atom. The molecule has 0 saturated carbocycles. The molecule has 4 amide bonds. The van der Waals surface area contributed by atoms with Gasteiger partial charge in [0.05, 0.1) is 11.1 Å². The molecule has 0 fully saturated rings. The van der Waals surface area contributed by atoms with Gasteiger partial charge in [-0.2, -0.15) is 0 Å². The van der Waals surface area contributed by atoms with Crippen LogP contribution in [0.25, 0.3) is 0 Å². The summed E-state index contributed by atoms with van der Waals surface area (Å²) < 4.78 is 5.65. The van der Waals surface area contributed by atoms with Crippen molar-refractivity contribution in [2.24, 2.45) is 0 Å². The number of hydrogen-bond donors (Lipinski definition) is 2. The highest BCUT2D eigenvalue weighted by molar-refractivity contribution is 6.22. The third-order valence-electron chi connectivity index (χ3n) is 5.16. The molecule has 0 aromatic heterocycles. The Balaban J connectivity index is 1.38. The molecule has 1 heterocycles. The molecule has 3 rings (SSSR count). The Labute approximate surface area is 186 Å². The first-order chi connectivity index (χ1) is 15.3. The maximum Gasteiger partial charge on any atom is 0.262 e. The molecule has 168 valence electrons. The van der Waals surface area contributed by atoms with E-state index in [0.29, 0.717) is 22.8 Å². The first-order valence-corrected chi connectivity index (χ1v) is 10.5. The van der Waals surface area contributed by atoms with Crippen molar-refractivity contribution < 1.29 is 23.9 Å². The molecule has 8 nitrogen and oxygen atoms in total. The Morgan fingerprint density at radius 2 is 1.44 bits per heavy atom. The van der Waals surface area contributed by atoms with E-state index in [2.05, 4.69) is 24.5 Å². The lowest BCUT2D eigenvalue weighted by molar-refractivity contribution is -0.127. The minimum Gasteiger partial charge on any atom is -0.481 e. The third kappa shape index (κ3) is 5.32. The van der Waals surface area contributed by atoms with Gasteiger partial charge in [-0.15, -0.1) is 0 Å². The molecular weight excluding hydrogens is 410 g/mol. The zero-order valence-corrected chi connectivity index (χ0v) is 18.4. The number of nitrogens with one attached hydrogen (secondary N) is 2. The van der Waals surface area contributed by atoms with Gasteiger partial charge in [-0.25, -0.2) is 0 Å². The summed E-state index contributed by atoms with van der Waals surface area (Å²) in [6.07, 6.45) is -0.700. The summed E-state index contributed by atoms with van der Waals surface area (Å²) in [7, 11) is 0. The average molecular weight is 437 g/mol. The highest BCUT2D eigenvalue weighted by Gasteiger charge is 2.36. The minimum atomic E-state index is -0.700. The van der Waals surface area contributed by atoms with Crippen LogP contribution in [0.3, 0.4) is 0 Å². The minimum absolute atomic E-state index is 0.156. The lowest BCUT2D eigenvalue weighted by Crippen LogP contribution is -2.44. The number of nitrogens with zero attached hydrogens (tertiary/aromatic N) is 1. The van der Waals surface area contributed by atoms with Gasteiger partial charge in [0.2, 0.25) is 5.91 Å². The van der Waals surface area contributed by atoms with E-state index in [1.54, 1.807) is 31.2 Å². The van der Waals surface area contributed by atoms with E-state index in [0.717, 1.165) is 4.90 Å². The molecule has 0 saturated heterocycles. The van der Waals surface area contributed by atoms with Crippen molar-refractivity contribution in [1.29, 1.82) is 0 Å². The van der Waals surface area contributed by atoms with Crippen LogP contribution in [0.4, 0.5) is 0 Å². The fourth-order valence-corrected chi connectivity index (χ4v) is 3.30. The maximum atomic E-state index is 12.3. The molecule has 1 unspecified atom stereocenters. The molecular formula is C24H27N3O5. The smallest absolute Gasteiger partial charge is 0.262 e. The van der Waals surface area contributed by atoms with E-state index in [1.807, 2.05) is 24.3 Å². The number of benzene rings is 2. The van der Waals surface area contributed by atoms with E-state index in [4.69, 9.17) is 4.74 Å². The standard InChI is InChI=1S/C24H27N3O5/c1-15(2)17-8-10-18(11-9-17)32-16(3)22(29)26-13-12-25-21(28)14-27-23(30)19-6-4-5-7-20(19)24(27)31/h4-11,15-16H,12-14H2,1-3H3,(H,25,28)(H,26,29). The number of hydrogen-bond acceptors (Lipinski definition) is 5. The van der Waals surface area contributed by atoms with Crippen molar-refractivity contribution in [3.05, 3.63) is 65.2 Å². The lowest BCUT2D eigenvalue weighted by Gasteiger charge is -2.16. The summed E-state index contributed by atoms with van der Waals surface area (Å²) in [5.41, 5.74) is 1.78. The first kappa shape index (κ1) is 23.0. The number of imide groups is 1. The van der Waals surface area contributed by atoms with Crippen LogP contribution in [-0.4, -0.2) is 54.3 Å². The fourth-order valence-electron chi connectivity index (χ4n) is 3.30. The van der Waals surface area contributed by atoms with Gasteiger partial charge in [0.1, 0.15) is 12.3 Å². The second-order valence-electron chi connectivity index (χ2n) is 7.87. The van der Waals surface area contributed by atoms with Crippen LogP contribution in [0, 0.1) is 0 Å². The Hall–Kier alpha value is -3.68. The van der Waals surface area contributed by atoms with E-state index in [9.17, 15) is 19.2 Å². The van der Waals surface area contributed by atoms with Crippen molar-refractivity contribution in [2.45, 2.75) is 32.8 Å². The Kier molecular flexibility index (Phi) is 7.25. The number of rotatable bonds is 9. The van der Waals surface area contributed by atoms with Gasteiger partial charge in [0, 0.05) is 13.1 Å². The van der Waals surface area contributed by atoms with Crippen LogP contribution in [0.5, 0.6) is 5.75 Å². The molecule has 8 heteroatoms. The van der Waals surface area contributed by atoms with Gasteiger partial charge < -0.3 is 15.4 Å². The van der Waals surface area contributed by atoms with E-state index >= 15 is 0 Å². The summed E-state index contributed by atoms with van der Waals surface area (Å²) in [6.45, 7) is 5.82. The average Bonchev–Trinajstić information content (AvgIpc) is 3.02. The van der Waals surface area contributed by atoms with Crippen molar-refractivity contribution >= 4 is 23.6 Å². The van der Waals surface area contributed by atoms with Crippen LogP contribution < -0.4 is 15.4 Å². The molecule has 2 aromatic carbocycles. The van der Waals surface area contributed by atoms with Gasteiger partial charge in [-0.1, -0.05) is 38.1 Å². The number of carbonyl (C=O) groups excluding carboxylic acids is 4. The second-order valence-corrected chi connectivity index (χ2v) is 7.87. The van der Waals surface area contributed by atoms with E-state index < -0.39 is 23.8 Å². The van der Waals surface area contributed by atoms with Crippen molar-refractivity contribution in [1.82, 2.24) is 15.5 Å². The highest BCUT2D eigenvalue weighted by Crippen LogP contribution is 2.22. The molecule has 32 heavy (non-hydrogen) atoms. The number of fused-ring (bicyclic) bond motifs is 1. The molecule has 2 N–H and O–H groups in total. The van der Waals surface area contributed by atoms with Crippen molar-refractivity contribution in [3.8, 4) is 5.75 Å². The Bertz CT molecular complexity index is 982. The highest BCUT2D eigenvalue weighted by atomic mass is 16.5. The molecule has 1 aliphatic rings. The summed E-state index contributed by atoms with van der Waals surface area (Å²) in [5, 5.41) is 5.28. The Morgan fingerprint density at radius 3 is 2.00 bits per heavy atom. The van der Waals surface area contributed by atoms with Gasteiger partial charge >= 0.3 is 0 Å². The quantitative estimate of drug-likeness (QED) is 0.462. The second kappa shape index (κ2) is 10.1. The summed E-state index contributed by atoms with van der Waals surface area (Å²) in [5.74, 6) is -0.748. The molecule has 0 spiro atoms. The van der Waals surface area contributed by atoms with Crippen LogP contribution in [0.2, 0.25) is 0 Å². The van der Waals surface area contributed by atoms with Crippen molar-refractivity contribution in [3.63, 3.8) is 0 Å². The van der Waals surface area contributed by atoms with Gasteiger partial charge in [-0.3, -0.25) is 24.1 Å². The number of carbonyl (C=O) groups is 4. The molecule has 0 bridgehead atoms. The van der Waals surface area contributed by atoms with Gasteiger partial charge in [0.25, 0.3) is 17.7 Å². The lowest BCUT2D eigenvalue weighted by atomic mass is 10.0. The van der Waals surface area contributed by atoms with Crippen LogP contribution >= 0.6 is 0 Å². The predicted molar refractivity (Wildman–Crippen MR) is 118 cm³/mol. The largest absolute Gasteiger partial charge is 0.481 e. The number of ether oxygens (including phenoxy) is 1. The number of amides is 4. The topological polar surface area (TPSA) is 105 Å². The normalized spacial score (nSPS) is 13.7. The van der Waals surface area contributed by atoms with Gasteiger partial charge in [0.15, 0.2) is 6.10 Å². The fraction of sp³-hybridized carbons (Fsp3) is 0.333. The van der Waals surface area contributed by atoms with Crippen LogP contribution in [-0.2, 0) is 9.59 Å². The predicted octanol–water partition coefficient (Wildman–Crippen LogP) is 2.11. The molecule has 2 aromatic rings. The molecule has 1 aliphatic heterocycles. The van der Waals surface area contributed by atoms with Crippen LogP contribution in [0.1, 0.15) is 53.0 Å². The first-order valence-electron chi connectivity index (χ1n) is 10.5. The van der Waals surface area contributed by atoms with Crippen molar-refractivity contribution in [2.75, 3.05) is 19.6 Å².